The van der Waals surface area contributed by atoms with Gasteiger partial charge in [-0.15, -0.1) is 0 Å². The van der Waals surface area contributed by atoms with E-state index in [0.29, 0.717) is 12.3 Å². The van der Waals surface area contributed by atoms with Gasteiger partial charge in [0.2, 0.25) is 5.91 Å². The van der Waals surface area contributed by atoms with Crippen molar-refractivity contribution >= 4 is 11.8 Å². The van der Waals surface area contributed by atoms with Gasteiger partial charge < -0.3 is 14.2 Å². The molecule has 0 aromatic carbocycles. The van der Waals surface area contributed by atoms with Gasteiger partial charge in [0.25, 0.3) is 5.91 Å². The Morgan fingerprint density at radius 3 is 2.60 bits per heavy atom. The van der Waals surface area contributed by atoms with Crippen LogP contribution in [0.1, 0.15) is 42.7 Å². The van der Waals surface area contributed by atoms with Crippen LogP contribution in [-0.2, 0) is 4.79 Å². The first-order chi connectivity index (χ1) is 9.77. The summed E-state index contributed by atoms with van der Waals surface area (Å²) in [5, 5.41) is 0. The highest BCUT2D eigenvalue weighted by Crippen LogP contribution is 2.23. The third kappa shape index (κ3) is 2.44. The molecule has 0 radical (unpaired) electrons. The fourth-order valence-corrected chi connectivity index (χ4v) is 3.13. The first-order valence-corrected chi connectivity index (χ1v) is 7.40. The lowest BCUT2D eigenvalue weighted by Gasteiger charge is -2.32. The van der Waals surface area contributed by atoms with E-state index in [9.17, 15) is 9.59 Å². The Bertz CT molecular complexity index is 477. The molecule has 0 spiro atoms. The molecule has 1 aromatic rings. The van der Waals surface area contributed by atoms with Crippen molar-refractivity contribution in [3.8, 4) is 0 Å². The van der Waals surface area contributed by atoms with Gasteiger partial charge >= 0.3 is 0 Å². The molecule has 2 aliphatic rings. The number of hydrogen-bond donors (Lipinski definition) is 0. The molecule has 108 valence electrons. The van der Waals surface area contributed by atoms with Crippen LogP contribution in [0.15, 0.2) is 22.8 Å². The number of carbonyl (C=O) groups excluding carboxylic acids is 2. The smallest absolute Gasteiger partial charge is 0.290 e. The van der Waals surface area contributed by atoms with Gasteiger partial charge in [-0.2, -0.15) is 0 Å². The second kappa shape index (κ2) is 5.69. The molecule has 1 atom stereocenters. The standard InChI is InChI=1S/C15H20N2O3/c18-14(16-8-2-1-3-9-16)12-6-4-10-17(12)15(19)13-7-5-11-20-13/h5,7,11-12H,1-4,6,8-10H2. The quantitative estimate of drug-likeness (QED) is 0.829. The number of nitrogens with zero attached hydrogens (tertiary/aromatic N) is 2. The Labute approximate surface area is 118 Å². The predicted octanol–water partition coefficient (Wildman–Crippen LogP) is 1.90. The predicted molar refractivity (Wildman–Crippen MR) is 73.2 cm³/mol. The van der Waals surface area contributed by atoms with Gasteiger partial charge in [0.05, 0.1) is 6.26 Å². The van der Waals surface area contributed by atoms with Crippen molar-refractivity contribution in [1.82, 2.24) is 9.80 Å². The van der Waals surface area contributed by atoms with E-state index in [-0.39, 0.29) is 17.9 Å². The second-order valence-electron chi connectivity index (χ2n) is 5.52. The average molecular weight is 276 g/mol. The third-order valence-electron chi connectivity index (χ3n) is 4.20. The van der Waals surface area contributed by atoms with Crippen LogP contribution in [-0.4, -0.2) is 47.3 Å². The molecule has 1 aromatic heterocycles. The zero-order chi connectivity index (χ0) is 13.9. The minimum atomic E-state index is -0.300. The molecule has 3 rings (SSSR count). The van der Waals surface area contributed by atoms with Gasteiger partial charge in [0, 0.05) is 19.6 Å². The largest absolute Gasteiger partial charge is 0.459 e. The minimum Gasteiger partial charge on any atom is -0.459 e. The molecule has 5 heteroatoms. The second-order valence-corrected chi connectivity index (χ2v) is 5.52. The van der Waals surface area contributed by atoms with Crippen molar-refractivity contribution in [2.45, 2.75) is 38.1 Å². The Kier molecular flexibility index (Phi) is 3.76. The van der Waals surface area contributed by atoms with Crippen LogP contribution >= 0.6 is 0 Å². The minimum absolute atomic E-state index is 0.113. The summed E-state index contributed by atoms with van der Waals surface area (Å²) in [5.41, 5.74) is 0. The van der Waals surface area contributed by atoms with Gasteiger partial charge in [-0.1, -0.05) is 0 Å². The number of hydrogen-bond acceptors (Lipinski definition) is 3. The van der Waals surface area contributed by atoms with E-state index in [2.05, 4.69) is 0 Å². The van der Waals surface area contributed by atoms with Gasteiger partial charge in [0.1, 0.15) is 6.04 Å². The number of amides is 2. The lowest BCUT2D eigenvalue weighted by molar-refractivity contribution is -0.136. The molecular formula is C15H20N2O3. The summed E-state index contributed by atoms with van der Waals surface area (Å²) in [5.74, 6) is 0.272. The van der Waals surface area contributed by atoms with Gasteiger partial charge in [-0.3, -0.25) is 9.59 Å². The summed E-state index contributed by atoms with van der Waals surface area (Å²) in [4.78, 5) is 28.5. The lowest BCUT2D eigenvalue weighted by Crippen LogP contribution is -2.49. The summed E-state index contributed by atoms with van der Waals surface area (Å²) in [6.45, 7) is 2.31. The van der Waals surface area contributed by atoms with Crippen molar-refractivity contribution in [3.63, 3.8) is 0 Å². The number of piperidine rings is 1. The van der Waals surface area contributed by atoms with E-state index in [1.807, 2.05) is 4.90 Å². The molecule has 0 aliphatic carbocycles. The van der Waals surface area contributed by atoms with Crippen LogP contribution in [0.4, 0.5) is 0 Å². The van der Waals surface area contributed by atoms with Gasteiger partial charge in [-0.05, 0) is 44.2 Å². The molecule has 1 unspecified atom stereocenters. The first-order valence-electron chi connectivity index (χ1n) is 7.40. The molecule has 20 heavy (non-hydrogen) atoms. The highest BCUT2D eigenvalue weighted by atomic mass is 16.3. The zero-order valence-corrected chi connectivity index (χ0v) is 11.6. The fourth-order valence-electron chi connectivity index (χ4n) is 3.13. The van der Waals surface area contributed by atoms with Crippen LogP contribution in [0.2, 0.25) is 0 Å². The fraction of sp³-hybridized carbons (Fsp3) is 0.600. The van der Waals surface area contributed by atoms with E-state index < -0.39 is 0 Å². The molecule has 2 fully saturated rings. The zero-order valence-electron chi connectivity index (χ0n) is 11.6. The third-order valence-corrected chi connectivity index (χ3v) is 4.20. The van der Waals surface area contributed by atoms with Crippen molar-refractivity contribution < 1.29 is 14.0 Å². The Hall–Kier alpha value is -1.78. The summed E-state index contributed by atoms with van der Waals surface area (Å²) in [7, 11) is 0. The lowest BCUT2D eigenvalue weighted by atomic mass is 10.1. The number of rotatable bonds is 2. The van der Waals surface area contributed by atoms with Crippen LogP contribution < -0.4 is 0 Å². The van der Waals surface area contributed by atoms with Crippen LogP contribution in [0.3, 0.4) is 0 Å². The van der Waals surface area contributed by atoms with Crippen molar-refractivity contribution in [3.05, 3.63) is 24.2 Å². The SMILES string of the molecule is O=C(C1CCCN1C(=O)c1ccco1)N1CCCCC1. The highest BCUT2D eigenvalue weighted by molar-refractivity contribution is 5.96. The van der Waals surface area contributed by atoms with Crippen molar-refractivity contribution in [2.24, 2.45) is 0 Å². The average Bonchev–Trinajstić information content (AvgIpc) is 3.18. The Morgan fingerprint density at radius 1 is 1.10 bits per heavy atom. The highest BCUT2D eigenvalue weighted by Gasteiger charge is 2.37. The molecule has 5 nitrogen and oxygen atoms in total. The number of carbonyl (C=O) groups is 2. The van der Waals surface area contributed by atoms with Crippen LogP contribution in [0.25, 0.3) is 0 Å². The molecule has 0 saturated carbocycles. The molecule has 0 bridgehead atoms. The topological polar surface area (TPSA) is 53.8 Å². The summed E-state index contributed by atoms with van der Waals surface area (Å²) < 4.78 is 5.17. The monoisotopic (exact) mass is 276 g/mol. The maximum Gasteiger partial charge on any atom is 0.290 e. The van der Waals surface area contributed by atoms with Crippen molar-refractivity contribution in [2.75, 3.05) is 19.6 Å². The summed E-state index contributed by atoms with van der Waals surface area (Å²) >= 11 is 0. The summed E-state index contributed by atoms with van der Waals surface area (Å²) in [6, 6.07) is 3.05. The maximum atomic E-state index is 12.6. The number of furan rings is 1. The van der Waals surface area contributed by atoms with E-state index in [1.54, 1.807) is 17.0 Å². The first kappa shape index (κ1) is 13.2. The van der Waals surface area contributed by atoms with Crippen molar-refractivity contribution in [1.29, 1.82) is 0 Å². The van der Waals surface area contributed by atoms with Crippen LogP contribution in [0, 0.1) is 0 Å². The van der Waals surface area contributed by atoms with Crippen LogP contribution in [0.5, 0.6) is 0 Å². The Morgan fingerprint density at radius 2 is 1.90 bits per heavy atom. The maximum absolute atomic E-state index is 12.6. The molecule has 3 heterocycles. The van der Waals surface area contributed by atoms with E-state index in [1.165, 1.54) is 12.7 Å². The summed E-state index contributed by atoms with van der Waals surface area (Å²) in [6.07, 6.45) is 6.49. The molecule has 2 saturated heterocycles. The van der Waals surface area contributed by atoms with E-state index in [0.717, 1.165) is 38.8 Å². The molecule has 0 N–H and O–H groups in total. The normalized spacial score (nSPS) is 23.1. The Balaban J connectivity index is 1.71. The van der Waals surface area contributed by atoms with Gasteiger partial charge in [0.15, 0.2) is 5.76 Å². The molecule has 2 amide bonds. The van der Waals surface area contributed by atoms with Gasteiger partial charge in [-0.25, -0.2) is 0 Å². The van der Waals surface area contributed by atoms with E-state index in [4.69, 9.17) is 4.42 Å². The molecule has 2 aliphatic heterocycles. The molecular weight excluding hydrogens is 256 g/mol. The number of likely N-dealkylation sites (tertiary alicyclic amines) is 2. The van der Waals surface area contributed by atoms with E-state index >= 15 is 0 Å².